The summed E-state index contributed by atoms with van der Waals surface area (Å²) in [5.41, 5.74) is 5.19. The van der Waals surface area contributed by atoms with Gasteiger partial charge in [0.25, 0.3) is 0 Å². The van der Waals surface area contributed by atoms with Crippen LogP contribution in [-0.4, -0.2) is 22.4 Å². The lowest BCUT2D eigenvalue weighted by molar-refractivity contribution is 0.125. The predicted molar refractivity (Wildman–Crippen MR) is 40.9 cm³/mol. The summed E-state index contributed by atoms with van der Waals surface area (Å²) in [6.45, 7) is 2.16. The van der Waals surface area contributed by atoms with Crippen LogP contribution in [0.25, 0.3) is 0 Å². The highest BCUT2D eigenvalue weighted by Crippen LogP contribution is 2.38. The smallest absolute Gasteiger partial charge is 0.330 e. The van der Waals surface area contributed by atoms with Gasteiger partial charge in [0.05, 0.1) is 6.10 Å². The van der Waals surface area contributed by atoms with Crippen molar-refractivity contribution in [3.05, 3.63) is 0 Å². The van der Waals surface area contributed by atoms with Crippen LogP contribution in [0, 0.1) is 0 Å². The van der Waals surface area contributed by atoms with Gasteiger partial charge in [-0.1, -0.05) is 6.92 Å². The summed E-state index contributed by atoms with van der Waals surface area (Å²) in [5, 5.41) is 0. The van der Waals surface area contributed by atoms with Crippen molar-refractivity contribution in [2.45, 2.75) is 25.9 Å². The van der Waals surface area contributed by atoms with Crippen molar-refractivity contribution in [1.82, 2.24) is 0 Å². The average molecular weight is 183 g/mol. The monoisotopic (exact) mass is 183 g/mol. The molecule has 0 aromatic heterocycles. The van der Waals surface area contributed by atoms with E-state index in [1.54, 1.807) is 6.92 Å². The van der Waals surface area contributed by atoms with Crippen LogP contribution in [0.15, 0.2) is 0 Å². The minimum Gasteiger partial charge on any atom is -0.330 e. The molecule has 0 heterocycles. The molecular weight excluding hydrogens is 169 g/mol. The SMILES string of the molecule is CCC(CCN)OP(=O)(O)O. The fourth-order valence-corrected chi connectivity index (χ4v) is 1.35. The van der Waals surface area contributed by atoms with E-state index >= 15 is 0 Å². The largest absolute Gasteiger partial charge is 0.469 e. The van der Waals surface area contributed by atoms with Crippen LogP contribution >= 0.6 is 7.82 Å². The molecule has 0 aliphatic heterocycles. The van der Waals surface area contributed by atoms with Gasteiger partial charge in [-0.2, -0.15) is 0 Å². The molecule has 6 heteroatoms. The van der Waals surface area contributed by atoms with Gasteiger partial charge < -0.3 is 15.5 Å². The number of phosphoric ester groups is 1. The van der Waals surface area contributed by atoms with E-state index in [2.05, 4.69) is 4.52 Å². The third kappa shape index (κ3) is 6.47. The van der Waals surface area contributed by atoms with Gasteiger partial charge >= 0.3 is 7.82 Å². The summed E-state index contributed by atoms with van der Waals surface area (Å²) < 4.78 is 14.7. The van der Waals surface area contributed by atoms with Crippen molar-refractivity contribution in [2.75, 3.05) is 6.54 Å². The van der Waals surface area contributed by atoms with Gasteiger partial charge in [-0.3, -0.25) is 4.52 Å². The average Bonchev–Trinajstić information content (AvgIpc) is 1.84. The van der Waals surface area contributed by atoms with Crippen molar-refractivity contribution in [1.29, 1.82) is 0 Å². The first-order chi connectivity index (χ1) is 4.99. The van der Waals surface area contributed by atoms with Gasteiger partial charge in [0.1, 0.15) is 0 Å². The molecule has 0 aromatic carbocycles. The van der Waals surface area contributed by atoms with Crippen LogP contribution in [-0.2, 0) is 9.09 Å². The molecule has 0 aliphatic rings. The quantitative estimate of drug-likeness (QED) is 0.530. The molecule has 11 heavy (non-hydrogen) atoms. The minimum absolute atomic E-state index is 0.374. The van der Waals surface area contributed by atoms with Crippen LogP contribution < -0.4 is 5.73 Å². The summed E-state index contributed by atoms with van der Waals surface area (Å²) in [7, 11) is -4.32. The number of hydrogen-bond acceptors (Lipinski definition) is 3. The van der Waals surface area contributed by atoms with E-state index in [1.165, 1.54) is 0 Å². The molecule has 1 atom stereocenters. The summed E-state index contributed by atoms with van der Waals surface area (Å²) in [4.78, 5) is 16.8. The van der Waals surface area contributed by atoms with E-state index in [0.29, 0.717) is 19.4 Å². The van der Waals surface area contributed by atoms with E-state index < -0.39 is 13.9 Å². The predicted octanol–water partition coefficient (Wildman–Crippen LogP) is 0.223. The molecule has 5 nitrogen and oxygen atoms in total. The maximum Gasteiger partial charge on any atom is 0.469 e. The molecule has 4 N–H and O–H groups in total. The fraction of sp³-hybridized carbons (Fsp3) is 1.00. The van der Waals surface area contributed by atoms with Gasteiger partial charge in [0.2, 0.25) is 0 Å². The Hall–Kier alpha value is 0.0700. The number of nitrogens with two attached hydrogens (primary N) is 1. The molecule has 0 amide bonds. The van der Waals surface area contributed by atoms with E-state index in [0.717, 1.165) is 0 Å². The Bertz CT molecular complexity index is 145. The number of hydrogen-bond donors (Lipinski definition) is 3. The Morgan fingerprint density at radius 1 is 1.64 bits per heavy atom. The minimum atomic E-state index is -4.32. The van der Waals surface area contributed by atoms with Crippen LogP contribution in [0.1, 0.15) is 19.8 Å². The normalized spacial score (nSPS) is 14.9. The zero-order chi connectivity index (χ0) is 8.91. The van der Waals surface area contributed by atoms with Crippen LogP contribution in [0.3, 0.4) is 0 Å². The molecular formula is C5H14NO4P. The topological polar surface area (TPSA) is 92.8 Å². The van der Waals surface area contributed by atoms with Crippen molar-refractivity contribution >= 4 is 7.82 Å². The van der Waals surface area contributed by atoms with Crippen molar-refractivity contribution in [3.8, 4) is 0 Å². The van der Waals surface area contributed by atoms with Gasteiger partial charge in [-0.05, 0) is 19.4 Å². The fourth-order valence-electron chi connectivity index (χ4n) is 0.711. The summed E-state index contributed by atoms with van der Waals surface area (Å²) in [6.07, 6.45) is 0.602. The number of rotatable bonds is 5. The van der Waals surface area contributed by atoms with Crippen LogP contribution in [0.4, 0.5) is 0 Å². The van der Waals surface area contributed by atoms with Crippen LogP contribution in [0.2, 0.25) is 0 Å². The Labute approximate surface area is 65.8 Å². The lowest BCUT2D eigenvalue weighted by Crippen LogP contribution is -2.15. The van der Waals surface area contributed by atoms with Crippen molar-refractivity contribution in [3.63, 3.8) is 0 Å². The summed E-state index contributed by atoms with van der Waals surface area (Å²) in [5.74, 6) is 0. The Balaban J connectivity index is 3.78. The molecule has 0 radical (unpaired) electrons. The lowest BCUT2D eigenvalue weighted by atomic mass is 10.2. The van der Waals surface area contributed by atoms with E-state index in [1.807, 2.05) is 0 Å². The standard InChI is InChI=1S/C5H14NO4P/c1-2-5(3-4-6)10-11(7,8)9/h5H,2-4,6H2,1H3,(H2,7,8,9). The summed E-state index contributed by atoms with van der Waals surface area (Å²) >= 11 is 0. The first-order valence-electron chi connectivity index (χ1n) is 3.43. The second-order valence-corrected chi connectivity index (χ2v) is 3.40. The molecule has 0 fully saturated rings. The highest BCUT2D eigenvalue weighted by Gasteiger charge is 2.19. The highest BCUT2D eigenvalue weighted by atomic mass is 31.2. The first kappa shape index (κ1) is 11.1. The Morgan fingerprint density at radius 2 is 2.18 bits per heavy atom. The maximum absolute atomic E-state index is 10.3. The number of phosphoric acid groups is 1. The first-order valence-corrected chi connectivity index (χ1v) is 4.96. The van der Waals surface area contributed by atoms with E-state index in [-0.39, 0.29) is 0 Å². The zero-order valence-corrected chi connectivity index (χ0v) is 7.33. The van der Waals surface area contributed by atoms with Gasteiger partial charge in [-0.15, -0.1) is 0 Å². The second-order valence-electron chi connectivity index (χ2n) is 2.20. The lowest BCUT2D eigenvalue weighted by Gasteiger charge is -2.14. The Morgan fingerprint density at radius 3 is 2.45 bits per heavy atom. The third-order valence-corrected chi connectivity index (χ3v) is 1.80. The Kier molecular flexibility index (Phi) is 4.88. The van der Waals surface area contributed by atoms with E-state index in [4.69, 9.17) is 15.5 Å². The third-order valence-electron chi connectivity index (χ3n) is 1.23. The zero-order valence-electron chi connectivity index (χ0n) is 6.43. The highest BCUT2D eigenvalue weighted by molar-refractivity contribution is 7.46. The molecule has 1 unspecified atom stereocenters. The van der Waals surface area contributed by atoms with Crippen molar-refractivity contribution < 1.29 is 18.9 Å². The maximum atomic E-state index is 10.3. The van der Waals surface area contributed by atoms with Crippen molar-refractivity contribution in [2.24, 2.45) is 5.73 Å². The molecule has 0 aromatic rings. The molecule has 0 aliphatic carbocycles. The summed E-state index contributed by atoms with van der Waals surface area (Å²) in [6, 6.07) is 0. The van der Waals surface area contributed by atoms with E-state index in [9.17, 15) is 4.57 Å². The van der Waals surface area contributed by atoms with Gasteiger partial charge in [0.15, 0.2) is 0 Å². The van der Waals surface area contributed by atoms with Crippen LogP contribution in [0.5, 0.6) is 0 Å². The van der Waals surface area contributed by atoms with Gasteiger partial charge in [-0.25, -0.2) is 4.57 Å². The molecule has 0 spiro atoms. The molecule has 0 bridgehead atoms. The molecule has 0 rings (SSSR count). The van der Waals surface area contributed by atoms with Gasteiger partial charge in [0, 0.05) is 0 Å². The molecule has 0 saturated carbocycles. The molecule has 68 valence electrons. The molecule has 0 saturated heterocycles. The second kappa shape index (κ2) is 4.85.